The van der Waals surface area contributed by atoms with Gasteiger partial charge in [-0.2, -0.15) is 0 Å². The van der Waals surface area contributed by atoms with Gasteiger partial charge in [-0.15, -0.1) is 11.3 Å². The maximum atomic E-state index is 12.1. The van der Waals surface area contributed by atoms with E-state index >= 15 is 0 Å². The number of nitrogens with one attached hydrogen (secondary N) is 1. The molecule has 100 valence electrons. The first kappa shape index (κ1) is 13.5. The van der Waals surface area contributed by atoms with E-state index < -0.39 is 0 Å². The predicted molar refractivity (Wildman–Crippen MR) is 75.6 cm³/mol. The zero-order valence-electron chi connectivity index (χ0n) is 11.1. The van der Waals surface area contributed by atoms with Gasteiger partial charge < -0.3 is 10.4 Å². The van der Waals surface area contributed by atoms with E-state index in [1.54, 1.807) is 23.5 Å². The molecule has 4 nitrogen and oxygen atoms in total. The van der Waals surface area contributed by atoms with Crippen LogP contribution in [0.5, 0.6) is 5.75 Å². The van der Waals surface area contributed by atoms with E-state index in [0.29, 0.717) is 5.56 Å². The van der Waals surface area contributed by atoms with Crippen molar-refractivity contribution in [1.82, 2.24) is 10.3 Å². The van der Waals surface area contributed by atoms with Crippen LogP contribution >= 0.6 is 11.3 Å². The number of hydrogen-bond acceptors (Lipinski definition) is 4. The van der Waals surface area contributed by atoms with Crippen molar-refractivity contribution in [3.05, 3.63) is 45.4 Å². The topological polar surface area (TPSA) is 62.2 Å². The molecule has 1 aromatic carbocycles. The number of benzene rings is 1. The first-order valence-corrected chi connectivity index (χ1v) is 6.88. The Kier molecular flexibility index (Phi) is 3.85. The Bertz CT molecular complexity index is 607. The molecule has 19 heavy (non-hydrogen) atoms. The van der Waals surface area contributed by atoms with Gasteiger partial charge in [0.05, 0.1) is 22.3 Å². The molecule has 2 N–H and O–H groups in total. The first-order valence-electron chi connectivity index (χ1n) is 6.00. The highest BCUT2D eigenvalue weighted by Crippen LogP contribution is 2.20. The molecule has 2 aromatic rings. The Morgan fingerprint density at radius 1 is 1.42 bits per heavy atom. The van der Waals surface area contributed by atoms with Crippen LogP contribution in [0.25, 0.3) is 0 Å². The number of hydrogen-bond donors (Lipinski definition) is 2. The van der Waals surface area contributed by atoms with Crippen LogP contribution in [0.1, 0.15) is 39.6 Å². The number of carbonyl (C=O) groups is 1. The van der Waals surface area contributed by atoms with Crippen molar-refractivity contribution < 1.29 is 9.90 Å². The molecule has 1 aromatic heterocycles. The lowest BCUT2D eigenvalue weighted by Crippen LogP contribution is -2.27. The highest BCUT2D eigenvalue weighted by Gasteiger charge is 2.16. The zero-order chi connectivity index (χ0) is 14.0. The van der Waals surface area contributed by atoms with Gasteiger partial charge in [-0.25, -0.2) is 4.98 Å². The largest absolute Gasteiger partial charge is 0.507 e. The third-order valence-corrected chi connectivity index (χ3v) is 3.62. The van der Waals surface area contributed by atoms with Gasteiger partial charge in [-0.05, 0) is 32.9 Å². The number of amides is 1. The summed E-state index contributed by atoms with van der Waals surface area (Å²) in [5.74, 6) is -0.302. The molecule has 0 aliphatic rings. The lowest BCUT2D eigenvalue weighted by atomic mass is 10.1. The molecule has 0 saturated carbocycles. The molecule has 0 radical (unpaired) electrons. The summed E-state index contributed by atoms with van der Waals surface area (Å²) in [6.45, 7) is 5.68. The van der Waals surface area contributed by atoms with Crippen molar-refractivity contribution in [2.75, 3.05) is 0 Å². The minimum atomic E-state index is -0.292. The molecule has 0 saturated heterocycles. The predicted octanol–water partition coefficient (Wildman–Crippen LogP) is 2.96. The molecule has 1 atom stereocenters. The number of carbonyl (C=O) groups excluding carboxylic acids is 1. The van der Waals surface area contributed by atoms with Crippen molar-refractivity contribution in [2.45, 2.75) is 26.8 Å². The van der Waals surface area contributed by atoms with E-state index in [9.17, 15) is 9.90 Å². The number of nitrogens with zero attached hydrogens (tertiary/aromatic N) is 1. The quantitative estimate of drug-likeness (QED) is 0.906. The van der Waals surface area contributed by atoms with E-state index in [1.807, 2.05) is 26.2 Å². The molecule has 0 aliphatic heterocycles. The lowest BCUT2D eigenvalue weighted by molar-refractivity contribution is 0.0936. The van der Waals surface area contributed by atoms with Gasteiger partial charge in [0.25, 0.3) is 5.91 Å². The van der Waals surface area contributed by atoms with Crippen LogP contribution in [0.4, 0.5) is 0 Å². The number of rotatable bonds is 3. The Hall–Kier alpha value is -1.88. The Balaban J connectivity index is 2.15. The first-order chi connectivity index (χ1) is 8.97. The number of thiazole rings is 1. The molecule has 0 bridgehead atoms. The van der Waals surface area contributed by atoms with Crippen molar-refractivity contribution >= 4 is 17.2 Å². The molecular weight excluding hydrogens is 260 g/mol. The van der Waals surface area contributed by atoms with Gasteiger partial charge >= 0.3 is 0 Å². The molecular formula is C14H16N2O2S. The molecule has 1 amide bonds. The van der Waals surface area contributed by atoms with Crippen LogP contribution in [-0.4, -0.2) is 16.0 Å². The van der Waals surface area contributed by atoms with Crippen molar-refractivity contribution in [3.8, 4) is 5.75 Å². The smallest absolute Gasteiger partial charge is 0.255 e. The van der Waals surface area contributed by atoms with Crippen LogP contribution in [0.2, 0.25) is 0 Å². The number of phenols is 1. The molecule has 0 fully saturated rings. The summed E-state index contributed by atoms with van der Waals surface area (Å²) in [4.78, 5) is 16.5. The summed E-state index contributed by atoms with van der Waals surface area (Å²) in [6.07, 6.45) is 0. The van der Waals surface area contributed by atoms with Gasteiger partial charge in [-0.3, -0.25) is 4.79 Å². The minimum Gasteiger partial charge on any atom is -0.507 e. The average Bonchev–Trinajstić information content (AvgIpc) is 2.79. The van der Waals surface area contributed by atoms with E-state index in [4.69, 9.17) is 0 Å². The maximum absolute atomic E-state index is 12.1. The molecule has 1 heterocycles. The monoisotopic (exact) mass is 276 g/mol. The molecule has 0 aliphatic carbocycles. The van der Waals surface area contributed by atoms with E-state index in [2.05, 4.69) is 10.3 Å². The van der Waals surface area contributed by atoms with Gasteiger partial charge in [-0.1, -0.05) is 11.6 Å². The average molecular weight is 276 g/mol. The number of aryl methyl sites for hydroxylation is 2. The lowest BCUT2D eigenvalue weighted by Gasteiger charge is -2.12. The van der Waals surface area contributed by atoms with Crippen LogP contribution in [0.15, 0.2) is 23.6 Å². The van der Waals surface area contributed by atoms with Crippen LogP contribution < -0.4 is 5.32 Å². The van der Waals surface area contributed by atoms with E-state index in [-0.39, 0.29) is 17.7 Å². The van der Waals surface area contributed by atoms with Crippen molar-refractivity contribution in [2.24, 2.45) is 0 Å². The molecule has 0 unspecified atom stereocenters. The fourth-order valence-electron chi connectivity index (χ4n) is 1.76. The highest BCUT2D eigenvalue weighted by molar-refractivity contribution is 7.09. The van der Waals surface area contributed by atoms with Crippen LogP contribution in [-0.2, 0) is 0 Å². The standard InChI is InChI=1S/C14H16N2O2S/c1-8-4-5-13(17)11(6-8)14(18)15-9(2)12-7-19-10(3)16-12/h4-7,9,17H,1-3H3,(H,15,18)/t9-/m1/s1. The third-order valence-electron chi connectivity index (χ3n) is 2.82. The number of aromatic nitrogens is 1. The number of phenolic OH excluding ortho intramolecular Hbond substituents is 1. The second-order valence-corrected chi connectivity index (χ2v) is 5.57. The van der Waals surface area contributed by atoms with Crippen molar-refractivity contribution in [3.63, 3.8) is 0 Å². The van der Waals surface area contributed by atoms with Crippen LogP contribution in [0, 0.1) is 13.8 Å². The Labute approximate surface area is 116 Å². The SMILES string of the molecule is Cc1ccc(O)c(C(=O)N[C@H](C)c2csc(C)n2)c1. The van der Waals surface area contributed by atoms with E-state index in [1.165, 1.54) is 6.07 Å². The van der Waals surface area contributed by atoms with Gasteiger partial charge in [0.15, 0.2) is 0 Å². The fraction of sp³-hybridized carbons (Fsp3) is 0.286. The van der Waals surface area contributed by atoms with Gasteiger partial charge in [0.1, 0.15) is 5.75 Å². The second kappa shape index (κ2) is 5.40. The third kappa shape index (κ3) is 3.12. The van der Waals surface area contributed by atoms with Gasteiger partial charge in [0, 0.05) is 5.38 Å². The summed E-state index contributed by atoms with van der Waals surface area (Å²) >= 11 is 1.55. The zero-order valence-corrected chi connectivity index (χ0v) is 11.9. The maximum Gasteiger partial charge on any atom is 0.255 e. The normalized spacial score (nSPS) is 12.2. The number of aromatic hydroxyl groups is 1. The minimum absolute atomic E-state index is 0.00948. The summed E-state index contributed by atoms with van der Waals surface area (Å²) in [5.41, 5.74) is 2.06. The fourth-order valence-corrected chi connectivity index (χ4v) is 2.47. The summed E-state index contributed by atoms with van der Waals surface area (Å²) in [6, 6.07) is 4.78. The van der Waals surface area contributed by atoms with E-state index in [0.717, 1.165) is 16.3 Å². The molecule has 0 spiro atoms. The second-order valence-electron chi connectivity index (χ2n) is 4.51. The highest BCUT2D eigenvalue weighted by atomic mass is 32.1. The summed E-state index contributed by atoms with van der Waals surface area (Å²) < 4.78 is 0. The Morgan fingerprint density at radius 3 is 2.79 bits per heavy atom. The van der Waals surface area contributed by atoms with Crippen LogP contribution in [0.3, 0.4) is 0 Å². The van der Waals surface area contributed by atoms with Crippen molar-refractivity contribution in [1.29, 1.82) is 0 Å². The summed E-state index contributed by atoms with van der Waals surface area (Å²) in [7, 11) is 0. The molecule has 5 heteroatoms. The molecule has 2 rings (SSSR count). The summed E-state index contributed by atoms with van der Waals surface area (Å²) in [5, 5.41) is 15.5. The Morgan fingerprint density at radius 2 is 2.16 bits per heavy atom. The van der Waals surface area contributed by atoms with Gasteiger partial charge in [0.2, 0.25) is 0 Å².